The third-order valence-electron chi connectivity index (χ3n) is 6.23. The molecule has 0 N–H and O–H groups in total. The van der Waals surface area contributed by atoms with E-state index in [4.69, 9.17) is 4.52 Å². The molecule has 0 aliphatic carbocycles. The number of anilines is 2. The first-order valence-electron chi connectivity index (χ1n) is 11.3. The number of hydrogen-bond acceptors (Lipinski definition) is 7. The molecule has 8 nitrogen and oxygen atoms in total. The smallest absolute Gasteiger partial charge is 0.316 e. The molecule has 0 saturated carbocycles. The average molecular weight is 433 g/mol. The molecule has 8 heteroatoms. The molecule has 32 heavy (non-hydrogen) atoms. The predicted octanol–water partition coefficient (Wildman–Crippen LogP) is 3.39. The van der Waals surface area contributed by atoms with E-state index in [0.29, 0.717) is 18.9 Å². The Morgan fingerprint density at radius 3 is 2.53 bits per heavy atom. The van der Waals surface area contributed by atoms with Gasteiger partial charge in [0.1, 0.15) is 5.82 Å². The molecule has 1 amide bonds. The van der Waals surface area contributed by atoms with Crippen LogP contribution >= 0.6 is 0 Å². The van der Waals surface area contributed by atoms with Crippen LogP contribution in [0, 0.1) is 6.92 Å². The number of piperazine rings is 1. The van der Waals surface area contributed by atoms with E-state index < -0.39 is 0 Å². The van der Waals surface area contributed by atoms with E-state index in [0.717, 1.165) is 37.6 Å². The minimum atomic E-state index is -0.210. The van der Waals surface area contributed by atoms with Crippen LogP contribution in [0.25, 0.3) is 11.4 Å². The van der Waals surface area contributed by atoms with E-state index in [2.05, 4.69) is 56.1 Å². The van der Waals surface area contributed by atoms with Crippen LogP contribution in [-0.4, -0.2) is 65.2 Å². The van der Waals surface area contributed by atoms with Gasteiger partial charge in [0.2, 0.25) is 5.82 Å². The van der Waals surface area contributed by atoms with Crippen molar-refractivity contribution < 1.29 is 9.32 Å². The predicted molar refractivity (Wildman–Crippen MR) is 123 cm³/mol. The van der Waals surface area contributed by atoms with Crippen LogP contribution in [-0.2, 0) is 0 Å². The van der Waals surface area contributed by atoms with Crippen LogP contribution in [0.5, 0.6) is 0 Å². The summed E-state index contributed by atoms with van der Waals surface area (Å²) in [7, 11) is 0. The number of carbonyl (C=O) groups is 1. The minimum Gasteiger partial charge on any atom is -0.368 e. The zero-order valence-electron chi connectivity index (χ0n) is 18.4. The number of piperidine rings is 1. The van der Waals surface area contributed by atoms with E-state index in [1.807, 2.05) is 12.1 Å². The summed E-state index contributed by atoms with van der Waals surface area (Å²) in [5.41, 5.74) is 3.24. The molecular weight excluding hydrogens is 404 g/mol. The number of carbonyl (C=O) groups excluding carboxylic acids is 1. The van der Waals surface area contributed by atoms with Gasteiger partial charge in [0.15, 0.2) is 0 Å². The Kier molecular flexibility index (Phi) is 5.75. The first kappa shape index (κ1) is 20.5. The van der Waals surface area contributed by atoms with Crippen LogP contribution in [0.15, 0.2) is 47.1 Å². The number of hydrogen-bond donors (Lipinski definition) is 0. The lowest BCUT2D eigenvalue weighted by atomic mass is 10.1. The first-order chi connectivity index (χ1) is 15.7. The minimum absolute atomic E-state index is 0.0420. The Morgan fingerprint density at radius 2 is 1.75 bits per heavy atom. The summed E-state index contributed by atoms with van der Waals surface area (Å²) >= 11 is 0. The van der Waals surface area contributed by atoms with Gasteiger partial charge in [-0.05, 0) is 56.0 Å². The Labute approximate surface area is 187 Å². The van der Waals surface area contributed by atoms with Crippen LogP contribution in [0.4, 0.5) is 11.5 Å². The second-order valence-corrected chi connectivity index (χ2v) is 8.49. The second-order valence-electron chi connectivity index (χ2n) is 8.49. The lowest BCUT2D eigenvalue weighted by Gasteiger charge is -2.35. The molecule has 1 aromatic carbocycles. The summed E-state index contributed by atoms with van der Waals surface area (Å²) in [5, 5.41) is 4.07. The fraction of sp³-hybridized carbons (Fsp3) is 0.417. The maximum absolute atomic E-state index is 12.9. The van der Waals surface area contributed by atoms with Gasteiger partial charge < -0.3 is 19.2 Å². The molecule has 2 fully saturated rings. The Bertz CT molecular complexity index is 1080. The summed E-state index contributed by atoms with van der Waals surface area (Å²) in [6.45, 7) is 6.92. The second kappa shape index (κ2) is 8.98. The highest BCUT2D eigenvalue weighted by molar-refractivity contribution is 5.90. The Balaban J connectivity index is 1.24. The molecule has 2 aliphatic heterocycles. The van der Waals surface area contributed by atoms with Gasteiger partial charge in [0.05, 0.1) is 0 Å². The quantitative estimate of drug-likeness (QED) is 0.625. The summed E-state index contributed by atoms with van der Waals surface area (Å²) in [4.78, 5) is 28.2. The van der Waals surface area contributed by atoms with E-state index in [-0.39, 0.29) is 11.8 Å². The molecule has 5 rings (SSSR count). The maximum Gasteiger partial charge on any atom is 0.316 e. The van der Waals surface area contributed by atoms with Gasteiger partial charge in [0.25, 0.3) is 0 Å². The SMILES string of the molecule is Cc1cccc(N2CCN(C(=O)c3nc(-c4ccnc(N5CCCCC5)c4)no3)CC2)c1. The van der Waals surface area contributed by atoms with Crippen molar-refractivity contribution in [1.82, 2.24) is 20.0 Å². The topological polar surface area (TPSA) is 78.6 Å². The van der Waals surface area contributed by atoms with Crippen molar-refractivity contribution in [1.29, 1.82) is 0 Å². The van der Waals surface area contributed by atoms with Gasteiger partial charge in [-0.1, -0.05) is 17.3 Å². The fourth-order valence-corrected chi connectivity index (χ4v) is 4.41. The molecule has 2 aliphatic rings. The molecule has 0 atom stereocenters. The fourth-order valence-electron chi connectivity index (χ4n) is 4.41. The lowest BCUT2D eigenvalue weighted by molar-refractivity contribution is 0.0696. The van der Waals surface area contributed by atoms with E-state index >= 15 is 0 Å². The molecule has 3 aromatic rings. The summed E-state index contributed by atoms with van der Waals surface area (Å²) in [5.74, 6) is 1.18. The number of nitrogens with zero attached hydrogens (tertiary/aromatic N) is 6. The van der Waals surface area contributed by atoms with Crippen LogP contribution in [0.1, 0.15) is 35.5 Å². The molecule has 2 saturated heterocycles. The monoisotopic (exact) mass is 432 g/mol. The number of pyridine rings is 1. The Morgan fingerprint density at radius 1 is 0.938 bits per heavy atom. The Hall–Kier alpha value is -3.42. The van der Waals surface area contributed by atoms with Crippen LogP contribution in [0.3, 0.4) is 0 Å². The van der Waals surface area contributed by atoms with E-state index in [1.54, 1.807) is 11.1 Å². The normalized spacial score (nSPS) is 17.0. The molecule has 0 spiro atoms. The van der Waals surface area contributed by atoms with E-state index in [9.17, 15) is 4.79 Å². The van der Waals surface area contributed by atoms with E-state index in [1.165, 1.54) is 30.5 Å². The van der Waals surface area contributed by atoms with Crippen molar-refractivity contribution in [3.8, 4) is 11.4 Å². The maximum atomic E-state index is 12.9. The third-order valence-corrected chi connectivity index (χ3v) is 6.23. The highest BCUT2D eigenvalue weighted by Gasteiger charge is 2.27. The van der Waals surface area contributed by atoms with Crippen molar-refractivity contribution >= 4 is 17.4 Å². The standard InChI is InChI=1S/C24H28N6O2/c1-18-6-5-7-20(16-18)28-12-14-30(15-13-28)24(31)23-26-22(27-32-23)19-8-9-25-21(17-19)29-10-3-2-4-11-29/h5-9,16-17H,2-4,10-15H2,1H3. The molecular formula is C24H28N6O2. The lowest BCUT2D eigenvalue weighted by Crippen LogP contribution is -2.48. The van der Waals surface area contributed by atoms with Crippen LogP contribution < -0.4 is 9.80 Å². The summed E-state index contributed by atoms with van der Waals surface area (Å²) in [6, 6.07) is 12.3. The number of amides is 1. The largest absolute Gasteiger partial charge is 0.368 e. The molecule has 4 heterocycles. The van der Waals surface area contributed by atoms with Gasteiger partial charge in [-0.2, -0.15) is 4.98 Å². The van der Waals surface area contributed by atoms with Gasteiger partial charge in [-0.15, -0.1) is 0 Å². The van der Waals surface area contributed by atoms with Gasteiger partial charge in [-0.3, -0.25) is 4.79 Å². The van der Waals surface area contributed by atoms with Crippen molar-refractivity contribution in [2.75, 3.05) is 49.1 Å². The van der Waals surface area contributed by atoms with Crippen molar-refractivity contribution in [3.63, 3.8) is 0 Å². The van der Waals surface area contributed by atoms with Crippen molar-refractivity contribution in [3.05, 3.63) is 54.0 Å². The highest BCUT2D eigenvalue weighted by atomic mass is 16.5. The molecule has 166 valence electrons. The molecule has 0 radical (unpaired) electrons. The third kappa shape index (κ3) is 4.30. The number of benzene rings is 1. The zero-order valence-corrected chi connectivity index (χ0v) is 18.4. The molecule has 0 bridgehead atoms. The first-order valence-corrected chi connectivity index (χ1v) is 11.3. The molecule has 2 aromatic heterocycles. The summed E-state index contributed by atoms with van der Waals surface area (Å²) < 4.78 is 5.35. The zero-order chi connectivity index (χ0) is 21.9. The highest BCUT2D eigenvalue weighted by Crippen LogP contribution is 2.24. The number of aromatic nitrogens is 3. The van der Waals surface area contributed by atoms with Gasteiger partial charge in [-0.25, -0.2) is 4.98 Å². The van der Waals surface area contributed by atoms with Gasteiger partial charge in [0, 0.05) is 56.7 Å². The summed E-state index contributed by atoms with van der Waals surface area (Å²) in [6.07, 6.45) is 5.40. The van der Waals surface area contributed by atoms with Gasteiger partial charge >= 0.3 is 11.8 Å². The number of aryl methyl sites for hydroxylation is 1. The molecule has 0 unspecified atom stereocenters. The number of rotatable bonds is 4. The average Bonchev–Trinajstić information content (AvgIpc) is 3.35. The van der Waals surface area contributed by atoms with Crippen molar-refractivity contribution in [2.45, 2.75) is 26.2 Å². The van der Waals surface area contributed by atoms with Crippen LogP contribution in [0.2, 0.25) is 0 Å². The van der Waals surface area contributed by atoms with Crippen molar-refractivity contribution in [2.24, 2.45) is 0 Å².